The van der Waals surface area contributed by atoms with E-state index in [1.165, 1.54) is 12.1 Å². The minimum absolute atomic E-state index is 0.0566. The van der Waals surface area contributed by atoms with Gasteiger partial charge in [-0.25, -0.2) is 4.90 Å². The third-order valence-electron chi connectivity index (χ3n) is 10.2. The van der Waals surface area contributed by atoms with Gasteiger partial charge in [0.05, 0.1) is 44.7 Å². The second kappa shape index (κ2) is 12.8. The van der Waals surface area contributed by atoms with Gasteiger partial charge in [0.2, 0.25) is 0 Å². The fourth-order valence-corrected chi connectivity index (χ4v) is 7.76. The van der Waals surface area contributed by atoms with Crippen LogP contribution < -0.4 is 4.90 Å². The maximum Gasteiger partial charge on any atom is 0.417 e. The number of carbonyl (C=O) groups excluding carboxylic acids is 2. The highest BCUT2D eigenvalue weighted by Crippen LogP contribution is 2.46. The van der Waals surface area contributed by atoms with Crippen molar-refractivity contribution < 1.29 is 35.9 Å². The molecule has 1 aromatic heterocycles. The van der Waals surface area contributed by atoms with Crippen LogP contribution in [0.3, 0.4) is 0 Å². The number of hydrogen-bond acceptors (Lipinski definition) is 2. The number of rotatable bonds is 5. The van der Waals surface area contributed by atoms with Crippen molar-refractivity contribution in [3.05, 3.63) is 180 Å². The van der Waals surface area contributed by atoms with Crippen molar-refractivity contribution in [1.82, 2.24) is 4.57 Å². The van der Waals surface area contributed by atoms with Crippen LogP contribution in [-0.4, -0.2) is 16.4 Å². The number of halogens is 6. The molecule has 0 fully saturated rings. The number of benzene rings is 7. The first-order chi connectivity index (χ1) is 26.9. The Balaban J connectivity index is 1.24. The molecule has 0 saturated carbocycles. The molecule has 56 heavy (non-hydrogen) atoms. The summed E-state index contributed by atoms with van der Waals surface area (Å²) in [5.41, 5.74) is 1.89. The highest BCUT2D eigenvalue weighted by atomic mass is 19.4. The number of nitrogens with zero attached hydrogens (tertiary/aromatic N) is 2. The van der Waals surface area contributed by atoms with Crippen molar-refractivity contribution in [2.45, 2.75) is 12.4 Å². The molecule has 0 atom stereocenters. The Morgan fingerprint density at radius 3 is 1.79 bits per heavy atom. The van der Waals surface area contributed by atoms with E-state index in [4.69, 9.17) is 0 Å². The molecule has 0 spiro atoms. The van der Waals surface area contributed by atoms with Crippen LogP contribution >= 0.6 is 0 Å². The third kappa shape index (κ3) is 5.56. The van der Waals surface area contributed by atoms with E-state index in [0.717, 1.165) is 27.7 Å². The van der Waals surface area contributed by atoms with Crippen LogP contribution in [0.1, 0.15) is 31.8 Å². The standard InChI is InChI=1S/C46H26F6N2O2/c47-45(48,49)30-22-23-31(36(26-30)46(50,51)52)32-16-9-19-39-41(32)33-15-7-8-18-37(33)53(39)40-20-10-17-34-42(40)44(56)54(43(34)55)38-24-21-29(27-11-3-1-4-12-27)25-35(38)28-13-5-2-6-14-28/h1-26H. The molecule has 2 amide bonds. The Morgan fingerprint density at radius 1 is 0.429 bits per heavy atom. The zero-order valence-corrected chi connectivity index (χ0v) is 29.0. The minimum atomic E-state index is -5.11. The topological polar surface area (TPSA) is 42.3 Å². The lowest BCUT2D eigenvalue weighted by Gasteiger charge is -2.20. The normalized spacial score (nSPS) is 13.2. The smallest absolute Gasteiger partial charge is 0.308 e. The lowest BCUT2D eigenvalue weighted by Crippen LogP contribution is -2.30. The quantitative estimate of drug-likeness (QED) is 0.130. The Bertz CT molecular complexity index is 2880. The average Bonchev–Trinajstić information content (AvgIpc) is 3.68. The van der Waals surface area contributed by atoms with Gasteiger partial charge >= 0.3 is 12.4 Å². The molecule has 2 heterocycles. The van der Waals surface area contributed by atoms with Gasteiger partial charge in [0.25, 0.3) is 11.8 Å². The van der Waals surface area contributed by atoms with E-state index in [1.54, 1.807) is 59.2 Å². The van der Waals surface area contributed by atoms with E-state index in [-0.39, 0.29) is 22.8 Å². The maximum absolute atomic E-state index is 14.8. The van der Waals surface area contributed by atoms with Crippen molar-refractivity contribution in [1.29, 1.82) is 0 Å². The summed E-state index contributed by atoms with van der Waals surface area (Å²) in [6.45, 7) is 0. The summed E-state index contributed by atoms with van der Waals surface area (Å²) in [6, 6.07) is 42.7. The van der Waals surface area contributed by atoms with E-state index in [1.807, 2.05) is 72.8 Å². The molecule has 0 unspecified atom stereocenters. The molecule has 7 aromatic carbocycles. The number of anilines is 1. The molecule has 0 N–H and O–H groups in total. The second-order valence-electron chi connectivity index (χ2n) is 13.4. The summed E-state index contributed by atoms with van der Waals surface area (Å²) < 4.78 is 86.0. The van der Waals surface area contributed by atoms with Crippen LogP contribution in [0.25, 0.3) is 60.9 Å². The Hall–Kier alpha value is -6.94. The van der Waals surface area contributed by atoms with Gasteiger partial charge in [-0.1, -0.05) is 109 Å². The van der Waals surface area contributed by atoms with Gasteiger partial charge in [0.1, 0.15) is 0 Å². The fraction of sp³-hybridized carbons (Fsp3) is 0.0435. The highest BCUT2D eigenvalue weighted by molar-refractivity contribution is 6.36. The van der Waals surface area contributed by atoms with Gasteiger partial charge in [-0.3, -0.25) is 9.59 Å². The number of carbonyl (C=O) groups is 2. The van der Waals surface area contributed by atoms with Crippen molar-refractivity contribution in [3.63, 3.8) is 0 Å². The molecule has 0 aliphatic carbocycles. The number of hydrogen-bond donors (Lipinski definition) is 0. The van der Waals surface area contributed by atoms with Crippen LogP contribution in [0.4, 0.5) is 32.0 Å². The number of para-hydroxylation sites is 1. The molecule has 9 rings (SSSR count). The number of aromatic nitrogens is 1. The van der Waals surface area contributed by atoms with E-state index >= 15 is 0 Å². The maximum atomic E-state index is 14.8. The summed E-state index contributed by atoms with van der Waals surface area (Å²) in [6.07, 6.45) is -10.1. The molecular formula is C46H26F6N2O2. The van der Waals surface area contributed by atoms with E-state index < -0.39 is 40.9 Å². The van der Waals surface area contributed by atoms with E-state index in [9.17, 15) is 35.9 Å². The molecule has 1 aliphatic heterocycles. The molecule has 10 heteroatoms. The largest absolute Gasteiger partial charge is 0.417 e. The molecular weight excluding hydrogens is 727 g/mol. The number of amides is 2. The van der Waals surface area contributed by atoms with Crippen molar-refractivity contribution in [2.24, 2.45) is 0 Å². The van der Waals surface area contributed by atoms with Crippen molar-refractivity contribution >= 4 is 39.3 Å². The molecule has 0 radical (unpaired) electrons. The molecule has 8 aromatic rings. The molecule has 0 saturated heterocycles. The predicted octanol–water partition coefficient (Wildman–Crippen LogP) is 12.6. The summed E-state index contributed by atoms with van der Waals surface area (Å²) in [5, 5.41) is 0.836. The summed E-state index contributed by atoms with van der Waals surface area (Å²) in [7, 11) is 0. The minimum Gasteiger partial charge on any atom is -0.308 e. The first kappa shape index (κ1) is 34.8. The lowest BCUT2D eigenvalue weighted by molar-refractivity contribution is -0.142. The van der Waals surface area contributed by atoms with Gasteiger partial charge in [0, 0.05) is 16.3 Å². The second-order valence-corrected chi connectivity index (χ2v) is 13.4. The van der Waals surface area contributed by atoms with Gasteiger partial charge in [-0.15, -0.1) is 0 Å². The zero-order valence-electron chi connectivity index (χ0n) is 29.0. The highest BCUT2D eigenvalue weighted by Gasteiger charge is 2.41. The van der Waals surface area contributed by atoms with Gasteiger partial charge in [-0.2, -0.15) is 26.3 Å². The third-order valence-corrected chi connectivity index (χ3v) is 10.2. The van der Waals surface area contributed by atoms with Crippen LogP contribution in [-0.2, 0) is 12.4 Å². The molecule has 274 valence electrons. The van der Waals surface area contributed by atoms with Gasteiger partial charge in [0.15, 0.2) is 0 Å². The van der Waals surface area contributed by atoms with Gasteiger partial charge < -0.3 is 4.57 Å². The number of imide groups is 1. The Labute approximate surface area is 315 Å². The first-order valence-corrected chi connectivity index (χ1v) is 17.5. The molecule has 1 aliphatic rings. The van der Waals surface area contributed by atoms with E-state index in [0.29, 0.717) is 44.8 Å². The lowest BCUT2D eigenvalue weighted by atomic mass is 9.93. The summed E-state index contributed by atoms with van der Waals surface area (Å²) in [4.78, 5) is 30.3. The van der Waals surface area contributed by atoms with Gasteiger partial charge in [-0.05, 0) is 76.3 Å². The Kier molecular flexibility index (Phi) is 7.98. The zero-order chi connectivity index (χ0) is 38.9. The van der Waals surface area contributed by atoms with Crippen LogP contribution in [0, 0.1) is 0 Å². The van der Waals surface area contributed by atoms with Crippen LogP contribution in [0.2, 0.25) is 0 Å². The molecule has 0 bridgehead atoms. The average molecular weight is 753 g/mol. The van der Waals surface area contributed by atoms with Crippen LogP contribution in [0.5, 0.6) is 0 Å². The van der Waals surface area contributed by atoms with Crippen molar-refractivity contribution in [3.8, 4) is 39.1 Å². The first-order valence-electron chi connectivity index (χ1n) is 17.5. The summed E-state index contributed by atoms with van der Waals surface area (Å²) in [5.74, 6) is -1.13. The SMILES string of the molecule is O=C1c2cccc(-n3c4ccccc4c4c(-c5ccc(C(F)(F)F)cc5C(F)(F)F)cccc43)c2C(=O)N1c1ccc(-c2ccccc2)cc1-c1ccccc1. The monoisotopic (exact) mass is 752 g/mol. The molecule has 4 nitrogen and oxygen atoms in total. The van der Waals surface area contributed by atoms with Crippen LogP contribution in [0.15, 0.2) is 158 Å². The Morgan fingerprint density at radius 2 is 1.07 bits per heavy atom. The fourth-order valence-electron chi connectivity index (χ4n) is 7.76. The summed E-state index contributed by atoms with van der Waals surface area (Å²) >= 11 is 0. The number of alkyl halides is 6. The van der Waals surface area contributed by atoms with E-state index in [2.05, 4.69) is 0 Å². The van der Waals surface area contributed by atoms with Crippen molar-refractivity contribution in [2.75, 3.05) is 4.90 Å². The number of fused-ring (bicyclic) bond motifs is 4. The predicted molar refractivity (Wildman–Crippen MR) is 205 cm³/mol.